The molecule has 1 N–H and O–H groups in total. The monoisotopic (exact) mass is 365 g/mol. The maximum absolute atomic E-state index is 12.2. The van der Waals surface area contributed by atoms with Crippen LogP contribution >= 0.6 is 11.6 Å². The number of hydrogen-bond donors (Lipinski definition) is 1. The predicted molar refractivity (Wildman–Crippen MR) is 100 cm³/mol. The predicted octanol–water partition coefficient (Wildman–Crippen LogP) is 2.39. The molecule has 1 aliphatic heterocycles. The molecule has 6 heteroatoms. The van der Waals surface area contributed by atoms with Gasteiger partial charge in [0.2, 0.25) is 5.91 Å². The highest BCUT2D eigenvalue weighted by Gasteiger charge is 2.32. The van der Waals surface area contributed by atoms with Crippen molar-refractivity contribution in [3.05, 3.63) is 29.3 Å². The Bertz CT molecular complexity index is 572. The Morgan fingerprint density at radius 1 is 1.32 bits per heavy atom. The van der Waals surface area contributed by atoms with Crippen molar-refractivity contribution in [3.8, 4) is 5.75 Å². The summed E-state index contributed by atoms with van der Waals surface area (Å²) in [4.78, 5) is 16.8. The molecule has 0 bridgehead atoms. The van der Waals surface area contributed by atoms with Crippen LogP contribution in [0.1, 0.15) is 25.7 Å². The number of piperidine rings is 1. The smallest absolute Gasteiger partial charge is 0.234 e. The molecule has 1 aliphatic carbocycles. The third-order valence-electron chi connectivity index (χ3n) is 4.91. The van der Waals surface area contributed by atoms with Crippen LogP contribution in [0.5, 0.6) is 5.75 Å². The largest absolute Gasteiger partial charge is 0.492 e. The fourth-order valence-electron chi connectivity index (χ4n) is 3.32. The summed E-state index contributed by atoms with van der Waals surface area (Å²) >= 11 is 5.93. The highest BCUT2D eigenvalue weighted by atomic mass is 35.5. The zero-order valence-electron chi connectivity index (χ0n) is 14.9. The zero-order chi connectivity index (χ0) is 17.6. The average Bonchev–Trinajstić information content (AvgIpc) is 3.40. The number of ether oxygens (including phenoxy) is 1. The van der Waals surface area contributed by atoms with Crippen molar-refractivity contribution in [2.45, 2.75) is 37.8 Å². The van der Waals surface area contributed by atoms with Crippen LogP contribution in [-0.2, 0) is 4.79 Å². The molecule has 1 aromatic carbocycles. The van der Waals surface area contributed by atoms with Crippen molar-refractivity contribution in [1.29, 1.82) is 0 Å². The number of benzene rings is 1. The van der Waals surface area contributed by atoms with Crippen molar-refractivity contribution in [2.24, 2.45) is 0 Å². The molecule has 0 radical (unpaired) electrons. The highest BCUT2D eigenvalue weighted by molar-refractivity contribution is 6.30. The van der Waals surface area contributed by atoms with Crippen LogP contribution < -0.4 is 10.1 Å². The first-order valence-corrected chi connectivity index (χ1v) is 9.58. The second-order valence-electron chi connectivity index (χ2n) is 7.15. The van der Waals surface area contributed by atoms with E-state index in [-0.39, 0.29) is 5.91 Å². The number of nitrogens with zero attached hydrogens (tertiary/aromatic N) is 2. The maximum atomic E-state index is 12.2. The van der Waals surface area contributed by atoms with E-state index < -0.39 is 0 Å². The van der Waals surface area contributed by atoms with E-state index in [4.69, 9.17) is 16.3 Å². The van der Waals surface area contributed by atoms with Crippen molar-refractivity contribution < 1.29 is 9.53 Å². The average molecular weight is 366 g/mol. The Morgan fingerprint density at radius 2 is 2.08 bits per heavy atom. The SMILES string of the molecule is CN(CCOc1cccc(Cl)c1)CC(=O)NC1CCN(C2CC2)CC1. The Hall–Kier alpha value is -1.30. The molecule has 138 valence electrons. The summed E-state index contributed by atoms with van der Waals surface area (Å²) in [5.74, 6) is 0.864. The van der Waals surface area contributed by atoms with Gasteiger partial charge in [-0.25, -0.2) is 0 Å². The third-order valence-corrected chi connectivity index (χ3v) is 5.14. The summed E-state index contributed by atoms with van der Waals surface area (Å²) in [6, 6.07) is 8.53. The molecule has 3 rings (SSSR count). The molecule has 0 unspecified atom stereocenters. The number of likely N-dealkylation sites (N-methyl/N-ethyl adjacent to an activating group) is 1. The fourth-order valence-corrected chi connectivity index (χ4v) is 3.50. The molecule has 0 aromatic heterocycles. The van der Waals surface area contributed by atoms with Gasteiger partial charge in [-0.1, -0.05) is 17.7 Å². The van der Waals surface area contributed by atoms with E-state index in [2.05, 4.69) is 10.2 Å². The quantitative estimate of drug-likeness (QED) is 0.768. The van der Waals surface area contributed by atoms with E-state index in [1.54, 1.807) is 6.07 Å². The lowest BCUT2D eigenvalue weighted by Crippen LogP contribution is -2.47. The van der Waals surface area contributed by atoms with E-state index >= 15 is 0 Å². The van der Waals surface area contributed by atoms with Gasteiger partial charge >= 0.3 is 0 Å². The summed E-state index contributed by atoms with van der Waals surface area (Å²) in [5, 5.41) is 3.84. The molecule has 1 aromatic rings. The molecule has 2 aliphatic rings. The van der Waals surface area contributed by atoms with Gasteiger partial charge in [0.1, 0.15) is 12.4 Å². The van der Waals surface area contributed by atoms with E-state index in [9.17, 15) is 4.79 Å². The molecule has 0 atom stereocenters. The first-order chi connectivity index (χ1) is 12.1. The van der Waals surface area contributed by atoms with Crippen molar-refractivity contribution in [2.75, 3.05) is 39.8 Å². The van der Waals surface area contributed by atoms with Crippen LogP contribution in [0.2, 0.25) is 5.02 Å². The van der Waals surface area contributed by atoms with Crippen molar-refractivity contribution >= 4 is 17.5 Å². The minimum atomic E-state index is 0.107. The number of rotatable bonds is 8. The molecule has 1 amide bonds. The van der Waals surface area contributed by atoms with E-state index in [0.717, 1.165) is 37.7 Å². The van der Waals surface area contributed by atoms with E-state index in [1.165, 1.54) is 12.8 Å². The number of carbonyl (C=O) groups is 1. The van der Waals surface area contributed by atoms with Crippen LogP contribution in [0.4, 0.5) is 0 Å². The summed E-state index contributed by atoms with van der Waals surface area (Å²) in [6.07, 6.45) is 4.87. The normalized spacial score (nSPS) is 19.2. The van der Waals surface area contributed by atoms with Crippen LogP contribution in [0.3, 0.4) is 0 Å². The van der Waals surface area contributed by atoms with E-state index in [1.807, 2.05) is 30.1 Å². The second kappa shape index (κ2) is 8.88. The van der Waals surface area contributed by atoms with Gasteiger partial charge in [-0.05, 0) is 50.9 Å². The second-order valence-corrected chi connectivity index (χ2v) is 7.59. The fraction of sp³-hybridized carbons (Fsp3) is 0.632. The first kappa shape index (κ1) is 18.5. The standard InChI is InChI=1S/C19H28ClN3O2/c1-22(11-12-25-18-4-2-3-15(20)13-18)14-19(24)21-16-7-9-23(10-8-16)17-5-6-17/h2-4,13,16-17H,5-12,14H2,1H3,(H,21,24). The lowest BCUT2D eigenvalue weighted by Gasteiger charge is -2.32. The number of carbonyl (C=O) groups excluding carboxylic acids is 1. The lowest BCUT2D eigenvalue weighted by molar-refractivity contribution is -0.123. The first-order valence-electron chi connectivity index (χ1n) is 9.20. The summed E-state index contributed by atoms with van der Waals surface area (Å²) in [7, 11) is 1.94. The van der Waals surface area contributed by atoms with Crippen LogP contribution in [0, 0.1) is 0 Å². The molecule has 0 spiro atoms. The number of nitrogens with one attached hydrogen (secondary N) is 1. The number of amides is 1. The van der Waals surface area contributed by atoms with Gasteiger partial charge in [-0.2, -0.15) is 0 Å². The summed E-state index contributed by atoms with van der Waals surface area (Å²) in [6.45, 7) is 3.88. The minimum Gasteiger partial charge on any atom is -0.492 e. The Morgan fingerprint density at radius 3 is 2.76 bits per heavy atom. The van der Waals surface area contributed by atoms with Crippen LogP contribution in [0.25, 0.3) is 0 Å². The molecule has 25 heavy (non-hydrogen) atoms. The van der Waals surface area contributed by atoms with Crippen LogP contribution in [-0.4, -0.2) is 67.6 Å². The zero-order valence-corrected chi connectivity index (χ0v) is 15.7. The van der Waals surface area contributed by atoms with Gasteiger partial charge in [-0.3, -0.25) is 9.69 Å². The number of hydrogen-bond acceptors (Lipinski definition) is 4. The van der Waals surface area contributed by atoms with Gasteiger partial charge in [0.05, 0.1) is 6.54 Å². The van der Waals surface area contributed by atoms with Gasteiger partial charge < -0.3 is 15.0 Å². The molecular formula is C19H28ClN3O2. The van der Waals surface area contributed by atoms with Crippen molar-refractivity contribution in [1.82, 2.24) is 15.1 Å². The number of likely N-dealkylation sites (tertiary alicyclic amines) is 1. The lowest BCUT2D eigenvalue weighted by atomic mass is 10.0. The van der Waals surface area contributed by atoms with Crippen molar-refractivity contribution in [3.63, 3.8) is 0 Å². The van der Waals surface area contributed by atoms with Gasteiger partial charge in [0.25, 0.3) is 0 Å². The summed E-state index contributed by atoms with van der Waals surface area (Å²) < 4.78 is 5.67. The highest BCUT2D eigenvalue weighted by Crippen LogP contribution is 2.29. The Balaban J connectivity index is 1.29. The van der Waals surface area contributed by atoms with Gasteiger partial charge in [0, 0.05) is 36.7 Å². The maximum Gasteiger partial charge on any atom is 0.234 e. The molecule has 5 nitrogen and oxygen atoms in total. The Labute approximate surface area is 155 Å². The minimum absolute atomic E-state index is 0.107. The number of halogens is 1. The third kappa shape index (κ3) is 6.17. The van der Waals surface area contributed by atoms with E-state index in [0.29, 0.717) is 30.8 Å². The molecular weight excluding hydrogens is 338 g/mol. The van der Waals surface area contributed by atoms with Gasteiger partial charge in [0.15, 0.2) is 0 Å². The Kier molecular flexibility index (Phi) is 6.57. The topological polar surface area (TPSA) is 44.8 Å². The molecule has 1 heterocycles. The molecule has 1 saturated heterocycles. The molecule has 2 fully saturated rings. The van der Waals surface area contributed by atoms with Crippen LogP contribution in [0.15, 0.2) is 24.3 Å². The summed E-state index contributed by atoms with van der Waals surface area (Å²) in [5.41, 5.74) is 0. The van der Waals surface area contributed by atoms with Gasteiger partial charge in [-0.15, -0.1) is 0 Å². The molecule has 1 saturated carbocycles.